The molecule has 1 aromatic rings. The Morgan fingerprint density at radius 1 is 1.44 bits per heavy atom. The van der Waals surface area contributed by atoms with E-state index in [4.69, 9.17) is 17.3 Å². The predicted octanol–water partition coefficient (Wildman–Crippen LogP) is 4.18. The Morgan fingerprint density at radius 3 is 2.89 bits per heavy atom. The van der Waals surface area contributed by atoms with Crippen LogP contribution in [0.5, 0.6) is 0 Å². The summed E-state index contributed by atoms with van der Waals surface area (Å²) in [5, 5.41) is 0.593. The zero-order valence-corrected chi connectivity index (χ0v) is 11.8. The molecule has 3 heteroatoms. The quantitative estimate of drug-likeness (QED) is 0.857. The van der Waals surface area contributed by atoms with Crippen LogP contribution in [-0.4, -0.2) is 6.04 Å². The van der Waals surface area contributed by atoms with Crippen LogP contribution in [0, 0.1) is 17.2 Å². The first-order chi connectivity index (χ1) is 8.37. The third-order valence-electron chi connectivity index (χ3n) is 4.06. The minimum Gasteiger partial charge on any atom is -0.327 e. The predicted molar refractivity (Wildman–Crippen MR) is 74.2 cm³/mol. The zero-order valence-electron chi connectivity index (χ0n) is 11.0. The molecule has 0 spiro atoms. The van der Waals surface area contributed by atoms with Crippen molar-refractivity contribution in [3.63, 3.8) is 0 Å². The summed E-state index contributed by atoms with van der Waals surface area (Å²) >= 11 is 5.93. The number of rotatable bonds is 2. The maximum absolute atomic E-state index is 13.7. The summed E-state index contributed by atoms with van der Waals surface area (Å²) in [5.41, 5.74) is 7.19. The molecule has 2 unspecified atom stereocenters. The highest BCUT2D eigenvalue weighted by molar-refractivity contribution is 6.30. The van der Waals surface area contributed by atoms with Gasteiger partial charge < -0.3 is 5.73 Å². The lowest BCUT2D eigenvalue weighted by Crippen LogP contribution is -2.40. The van der Waals surface area contributed by atoms with E-state index in [-0.39, 0.29) is 11.9 Å². The molecule has 1 fully saturated rings. The molecule has 1 aliphatic rings. The standard InChI is InChI=1S/C15H21ClFN/c1-15(2)6-5-14(18)11(9-15)7-10-8-12(16)3-4-13(10)17/h3-4,8,11,14H,5-7,9,18H2,1-2H3. The summed E-state index contributed by atoms with van der Waals surface area (Å²) in [7, 11) is 0. The highest BCUT2D eigenvalue weighted by Crippen LogP contribution is 2.39. The minimum absolute atomic E-state index is 0.171. The maximum atomic E-state index is 13.7. The molecule has 100 valence electrons. The van der Waals surface area contributed by atoms with E-state index >= 15 is 0 Å². The number of hydrogen-bond acceptors (Lipinski definition) is 1. The fraction of sp³-hybridized carbons (Fsp3) is 0.600. The van der Waals surface area contributed by atoms with Gasteiger partial charge in [0.15, 0.2) is 0 Å². The van der Waals surface area contributed by atoms with Crippen molar-refractivity contribution in [1.29, 1.82) is 0 Å². The summed E-state index contributed by atoms with van der Waals surface area (Å²) in [6.45, 7) is 4.53. The monoisotopic (exact) mass is 269 g/mol. The molecular weight excluding hydrogens is 249 g/mol. The Bertz CT molecular complexity index is 431. The Kier molecular flexibility index (Phi) is 3.98. The van der Waals surface area contributed by atoms with Crippen molar-refractivity contribution in [2.45, 2.75) is 45.6 Å². The van der Waals surface area contributed by atoms with Crippen LogP contribution < -0.4 is 5.73 Å². The van der Waals surface area contributed by atoms with E-state index in [1.807, 2.05) is 0 Å². The van der Waals surface area contributed by atoms with Gasteiger partial charge in [0.05, 0.1) is 0 Å². The summed E-state index contributed by atoms with van der Waals surface area (Å²) in [6.07, 6.45) is 3.93. The van der Waals surface area contributed by atoms with Gasteiger partial charge in [-0.1, -0.05) is 25.4 Å². The van der Waals surface area contributed by atoms with E-state index in [9.17, 15) is 4.39 Å². The van der Waals surface area contributed by atoms with Crippen molar-refractivity contribution in [1.82, 2.24) is 0 Å². The van der Waals surface area contributed by atoms with Crippen LogP contribution in [0.2, 0.25) is 5.02 Å². The van der Waals surface area contributed by atoms with Gasteiger partial charge in [0.2, 0.25) is 0 Å². The van der Waals surface area contributed by atoms with Crippen LogP contribution in [0.1, 0.15) is 38.7 Å². The van der Waals surface area contributed by atoms with Crippen LogP contribution in [0.25, 0.3) is 0 Å². The lowest BCUT2D eigenvalue weighted by Gasteiger charge is -2.39. The van der Waals surface area contributed by atoms with E-state index in [2.05, 4.69) is 13.8 Å². The summed E-state index contributed by atoms with van der Waals surface area (Å²) < 4.78 is 13.7. The Hall–Kier alpha value is -0.600. The van der Waals surface area contributed by atoms with Gasteiger partial charge in [-0.3, -0.25) is 0 Å². The molecule has 0 bridgehead atoms. The zero-order chi connectivity index (χ0) is 13.3. The summed E-state index contributed by atoms with van der Waals surface area (Å²) in [6, 6.07) is 4.93. The molecule has 0 aliphatic heterocycles. The van der Waals surface area contributed by atoms with Crippen molar-refractivity contribution in [3.8, 4) is 0 Å². The molecule has 2 atom stereocenters. The van der Waals surface area contributed by atoms with Crippen LogP contribution in [-0.2, 0) is 6.42 Å². The van der Waals surface area contributed by atoms with Gasteiger partial charge in [0, 0.05) is 11.1 Å². The van der Waals surface area contributed by atoms with E-state index in [0.717, 1.165) is 19.3 Å². The molecule has 0 heterocycles. The van der Waals surface area contributed by atoms with Gasteiger partial charge in [-0.05, 0) is 60.8 Å². The van der Waals surface area contributed by atoms with Crippen molar-refractivity contribution in [2.75, 3.05) is 0 Å². The maximum Gasteiger partial charge on any atom is 0.126 e. The average molecular weight is 270 g/mol. The third-order valence-corrected chi connectivity index (χ3v) is 4.30. The SMILES string of the molecule is CC1(C)CCC(N)C(Cc2cc(Cl)ccc2F)C1. The van der Waals surface area contributed by atoms with Gasteiger partial charge >= 0.3 is 0 Å². The van der Waals surface area contributed by atoms with E-state index in [1.165, 1.54) is 6.07 Å². The molecule has 18 heavy (non-hydrogen) atoms. The fourth-order valence-electron chi connectivity index (χ4n) is 2.96. The first-order valence-corrected chi connectivity index (χ1v) is 6.95. The van der Waals surface area contributed by atoms with Crippen LogP contribution in [0.3, 0.4) is 0 Å². The molecule has 2 N–H and O–H groups in total. The first kappa shape index (κ1) is 13.8. The molecule has 1 aromatic carbocycles. The highest BCUT2D eigenvalue weighted by Gasteiger charge is 2.33. The Morgan fingerprint density at radius 2 is 2.17 bits per heavy atom. The van der Waals surface area contributed by atoms with E-state index in [0.29, 0.717) is 28.3 Å². The smallest absolute Gasteiger partial charge is 0.126 e. The van der Waals surface area contributed by atoms with Crippen molar-refractivity contribution in [2.24, 2.45) is 17.1 Å². The molecule has 2 rings (SSSR count). The van der Waals surface area contributed by atoms with Crippen LogP contribution >= 0.6 is 11.6 Å². The van der Waals surface area contributed by atoms with Crippen molar-refractivity contribution >= 4 is 11.6 Å². The third kappa shape index (κ3) is 3.24. The summed E-state index contributed by atoms with van der Waals surface area (Å²) in [4.78, 5) is 0. The number of nitrogens with two attached hydrogens (primary N) is 1. The second kappa shape index (κ2) is 5.18. The molecule has 1 nitrogen and oxygen atoms in total. The second-order valence-electron chi connectivity index (χ2n) is 6.27. The van der Waals surface area contributed by atoms with Gasteiger partial charge in [0.1, 0.15) is 5.82 Å². The molecule has 0 saturated heterocycles. The average Bonchev–Trinajstić information content (AvgIpc) is 2.28. The van der Waals surface area contributed by atoms with Gasteiger partial charge in [-0.15, -0.1) is 0 Å². The van der Waals surface area contributed by atoms with Crippen molar-refractivity contribution in [3.05, 3.63) is 34.6 Å². The molecular formula is C15H21ClFN. The lowest BCUT2D eigenvalue weighted by atomic mass is 9.68. The molecule has 0 amide bonds. The van der Waals surface area contributed by atoms with Gasteiger partial charge in [-0.2, -0.15) is 0 Å². The normalized spacial score (nSPS) is 27.2. The number of halogens is 2. The largest absolute Gasteiger partial charge is 0.327 e. The van der Waals surface area contributed by atoms with Crippen LogP contribution in [0.15, 0.2) is 18.2 Å². The first-order valence-electron chi connectivity index (χ1n) is 6.57. The van der Waals surface area contributed by atoms with Gasteiger partial charge in [0.25, 0.3) is 0 Å². The Balaban J connectivity index is 2.14. The van der Waals surface area contributed by atoms with E-state index in [1.54, 1.807) is 12.1 Å². The number of hydrogen-bond donors (Lipinski definition) is 1. The minimum atomic E-state index is -0.171. The molecule has 1 saturated carbocycles. The van der Waals surface area contributed by atoms with Crippen molar-refractivity contribution < 1.29 is 4.39 Å². The fourth-order valence-corrected chi connectivity index (χ4v) is 3.16. The number of benzene rings is 1. The summed E-state index contributed by atoms with van der Waals surface area (Å²) in [5.74, 6) is 0.177. The highest BCUT2D eigenvalue weighted by atomic mass is 35.5. The topological polar surface area (TPSA) is 26.0 Å². The molecule has 0 aromatic heterocycles. The Labute approximate surface area is 114 Å². The van der Waals surface area contributed by atoms with Gasteiger partial charge in [-0.25, -0.2) is 4.39 Å². The van der Waals surface area contributed by atoms with E-state index < -0.39 is 0 Å². The van der Waals surface area contributed by atoms with Crippen LogP contribution in [0.4, 0.5) is 4.39 Å². The lowest BCUT2D eigenvalue weighted by molar-refractivity contribution is 0.156. The second-order valence-corrected chi connectivity index (χ2v) is 6.71. The molecule has 0 radical (unpaired) electrons. The molecule has 1 aliphatic carbocycles.